The quantitative estimate of drug-likeness (QED) is 0.492. The van der Waals surface area contributed by atoms with Crippen LogP contribution in [0.3, 0.4) is 0 Å². The summed E-state index contributed by atoms with van der Waals surface area (Å²) in [6.45, 7) is 0. The fraction of sp³-hybridized carbons (Fsp3) is 0.0833. The molecule has 0 unspecified atom stereocenters. The van der Waals surface area contributed by atoms with Crippen LogP contribution >= 0.6 is 34.3 Å². The van der Waals surface area contributed by atoms with Crippen molar-refractivity contribution in [1.29, 1.82) is 0 Å². The van der Waals surface area contributed by atoms with Gasteiger partial charge in [0.25, 0.3) is 0 Å². The minimum Gasteiger partial charge on any atom is -0.292 e. The maximum atomic E-state index is 11.5. The van der Waals surface area contributed by atoms with Crippen molar-refractivity contribution in [2.45, 2.75) is 0 Å². The molecule has 0 saturated carbocycles. The number of fused-ring (bicyclic) bond motifs is 2. The molecule has 2 aromatic heterocycles. The van der Waals surface area contributed by atoms with Crippen molar-refractivity contribution in [3.8, 4) is 0 Å². The van der Waals surface area contributed by atoms with Gasteiger partial charge in [0.1, 0.15) is 0 Å². The number of hydrogen-bond donors (Lipinski definition) is 0. The molecule has 0 fully saturated rings. The second-order valence-corrected chi connectivity index (χ2v) is 5.81. The molecule has 3 rings (SSSR count). The van der Waals surface area contributed by atoms with Gasteiger partial charge in [-0.25, -0.2) is 0 Å². The molecule has 0 amide bonds. The zero-order valence-corrected chi connectivity index (χ0v) is 10.6. The van der Waals surface area contributed by atoms with E-state index in [1.165, 1.54) is 21.4 Å². The lowest BCUT2D eigenvalue weighted by atomic mass is 10.2. The van der Waals surface area contributed by atoms with Crippen molar-refractivity contribution in [2.24, 2.45) is 0 Å². The van der Waals surface area contributed by atoms with Crippen LogP contribution in [0.15, 0.2) is 29.6 Å². The highest BCUT2D eigenvalue weighted by molar-refractivity contribution is 7.21. The van der Waals surface area contributed by atoms with E-state index in [2.05, 4.69) is 23.6 Å². The Balaban J connectivity index is 2.27. The van der Waals surface area contributed by atoms with Crippen LogP contribution in [0.2, 0.25) is 0 Å². The van der Waals surface area contributed by atoms with Gasteiger partial charge in [0.15, 0.2) is 5.78 Å². The number of hydrogen-bond acceptors (Lipinski definition) is 3. The largest absolute Gasteiger partial charge is 0.292 e. The lowest BCUT2D eigenvalue weighted by Crippen LogP contribution is -1.95. The number of thiophene rings is 2. The molecule has 80 valence electrons. The third kappa shape index (κ3) is 1.56. The number of ketones is 1. The molecule has 0 aliphatic carbocycles. The number of rotatable bonds is 2. The van der Waals surface area contributed by atoms with Crippen molar-refractivity contribution in [2.75, 3.05) is 5.88 Å². The zero-order valence-electron chi connectivity index (χ0n) is 8.20. The summed E-state index contributed by atoms with van der Waals surface area (Å²) < 4.78 is 2.41. The minimum absolute atomic E-state index is 0.00576. The molecule has 0 saturated heterocycles. The molecule has 0 aliphatic heterocycles. The van der Waals surface area contributed by atoms with E-state index in [1.54, 1.807) is 11.3 Å². The molecule has 0 atom stereocenters. The highest BCUT2D eigenvalue weighted by Crippen LogP contribution is 2.32. The Bertz CT molecular complexity index is 633. The Kier molecular flexibility index (Phi) is 2.46. The average Bonchev–Trinajstić information content (AvgIpc) is 2.89. The molecule has 0 bridgehead atoms. The Morgan fingerprint density at radius 2 is 2.00 bits per heavy atom. The van der Waals surface area contributed by atoms with Gasteiger partial charge in [0.05, 0.1) is 10.8 Å². The summed E-state index contributed by atoms with van der Waals surface area (Å²) in [7, 11) is 0. The van der Waals surface area contributed by atoms with E-state index >= 15 is 0 Å². The van der Waals surface area contributed by atoms with Crippen molar-refractivity contribution in [3.05, 3.63) is 34.5 Å². The molecule has 16 heavy (non-hydrogen) atoms. The molecule has 2 heterocycles. The van der Waals surface area contributed by atoms with Crippen LogP contribution in [-0.4, -0.2) is 11.7 Å². The smallest absolute Gasteiger partial charge is 0.187 e. The molecular weight excluding hydrogens is 260 g/mol. The second-order valence-electron chi connectivity index (χ2n) is 3.52. The third-order valence-corrected chi connectivity index (χ3v) is 4.75. The van der Waals surface area contributed by atoms with E-state index in [9.17, 15) is 4.79 Å². The van der Waals surface area contributed by atoms with Gasteiger partial charge >= 0.3 is 0 Å². The van der Waals surface area contributed by atoms with Crippen LogP contribution in [0.4, 0.5) is 0 Å². The summed E-state index contributed by atoms with van der Waals surface area (Å²) in [5, 5.41) is 4.46. The number of halogens is 1. The first-order valence-corrected chi connectivity index (χ1v) is 7.01. The lowest BCUT2D eigenvalue weighted by molar-refractivity contribution is 0.102. The monoisotopic (exact) mass is 266 g/mol. The minimum atomic E-state index is 0.00576. The Hall–Kier alpha value is -0.900. The Labute approximate surface area is 105 Å². The Morgan fingerprint density at radius 1 is 1.19 bits per heavy atom. The van der Waals surface area contributed by atoms with Crippen LogP contribution in [0.5, 0.6) is 0 Å². The first kappa shape index (κ1) is 10.3. The van der Waals surface area contributed by atoms with Gasteiger partial charge in [-0.2, -0.15) is 0 Å². The molecule has 3 aromatic rings. The zero-order chi connectivity index (χ0) is 11.1. The van der Waals surface area contributed by atoms with Crippen LogP contribution in [-0.2, 0) is 0 Å². The number of Topliss-reactive ketones (excluding diaryl/α,β-unsaturated/α-hetero) is 1. The maximum absolute atomic E-state index is 11.5. The summed E-state index contributed by atoms with van der Waals surface area (Å²) >= 11 is 8.79. The van der Waals surface area contributed by atoms with Gasteiger partial charge in [-0.15, -0.1) is 34.3 Å². The summed E-state index contributed by atoms with van der Waals surface area (Å²) in [5.41, 5.74) is 0. The number of benzene rings is 1. The normalized spacial score (nSPS) is 11.3. The third-order valence-electron chi connectivity index (χ3n) is 2.49. The molecule has 0 N–H and O–H groups in total. The van der Waals surface area contributed by atoms with Gasteiger partial charge in [-0.3, -0.25) is 4.79 Å². The first-order valence-electron chi connectivity index (χ1n) is 4.78. The SMILES string of the molecule is O=C(CCl)c1cc2cc3sccc3cc2s1. The first-order chi connectivity index (χ1) is 7.78. The van der Waals surface area contributed by atoms with Crippen LogP contribution < -0.4 is 0 Å². The number of carbonyl (C=O) groups is 1. The van der Waals surface area contributed by atoms with E-state index in [0.717, 1.165) is 15.0 Å². The van der Waals surface area contributed by atoms with E-state index in [4.69, 9.17) is 11.6 Å². The Morgan fingerprint density at radius 3 is 2.81 bits per heavy atom. The maximum Gasteiger partial charge on any atom is 0.187 e. The van der Waals surface area contributed by atoms with Gasteiger partial charge in [0.2, 0.25) is 0 Å². The van der Waals surface area contributed by atoms with Gasteiger partial charge in [-0.1, -0.05) is 0 Å². The van der Waals surface area contributed by atoms with Crippen molar-refractivity contribution in [1.82, 2.24) is 0 Å². The van der Waals surface area contributed by atoms with Crippen molar-refractivity contribution in [3.63, 3.8) is 0 Å². The van der Waals surface area contributed by atoms with E-state index < -0.39 is 0 Å². The van der Waals surface area contributed by atoms with E-state index in [1.807, 2.05) is 6.07 Å². The molecule has 0 radical (unpaired) electrons. The lowest BCUT2D eigenvalue weighted by Gasteiger charge is -1.89. The molecule has 4 heteroatoms. The highest BCUT2D eigenvalue weighted by Gasteiger charge is 2.09. The fourth-order valence-electron chi connectivity index (χ4n) is 1.70. The topological polar surface area (TPSA) is 17.1 Å². The summed E-state index contributed by atoms with van der Waals surface area (Å²) in [6.07, 6.45) is 0. The van der Waals surface area contributed by atoms with Crippen LogP contribution in [0.25, 0.3) is 20.2 Å². The predicted molar refractivity (Wildman–Crippen MR) is 72.3 cm³/mol. The van der Waals surface area contributed by atoms with Crippen LogP contribution in [0.1, 0.15) is 9.67 Å². The molecular formula is C12H7ClOS2. The standard InChI is InChI=1S/C12H7ClOS2/c13-6-9(14)12-5-8-4-10-7(1-2-15-10)3-11(8)16-12/h1-5H,6H2. The van der Waals surface area contributed by atoms with Gasteiger partial charge in [0, 0.05) is 9.40 Å². The van der Waals surface area contributed by atoms with E-state index in [0.29, 0.717) is 0 Å². The number of carbonyl (C=O) groups excluding carboxylic acids is 1. The fourth-order valence-corrected chi connectivity index (χ4v) is 3.77. The summed E-state index contributed by atoms with van der Waals surface area (Å²) in [5.74, 6) is 0.0625. The van der Waals surface area contributed by atoms with Crippen LogP contribution in [0, 0.1) is 0 Å². The average molecular weight is 267 g/mol. The summed E-state index contributed by atoms with van der Waals surface area (Å²) in [4.78, 5) is 12.2. The molecule has 0 aliphatic rings. The predicted octanol–water partition coefficient (Wildman–Crippen LogP) is 4.54. The van der Waals surface area contributed by atoms with E-state index in [-0.39, 0.29) is 11.7 Å². The van der Waals surface area contributed by atoms with Gasteiger partial charge in [-0.05, 0) is 40.4 Å². The second kappa shape index (κ2) is 3.84. The highest BCUT2D eigenvalue weighted by atomic mass is 35.5. The molecule has 1 aromatic carbocycles. The van der Waals surface area contributed by atoms with Crippen molar-refractivity contribution < 1.29 is 4.79 Å². The molecule has 0 spiro atoms. The number of alkyl halides is 1. The summed E-state index contributed by atoms with van der Waals surface area (Å²) in [6, 6.07) is 8.31. The van der Waals surface area contributed by atoms with Crippen molar-refractivity contribution >= 4 is 60.2 Å². The molecule has 1 nitrogen and oxygen atoms in total. The van der Waals surface area contributed by atoms with Gasteiger partial charge < -0.3 is 0 Å².